The van der Waals surface area contributed by atoms with Gasteiger partial charge in [0.05, 0.1) is 18.4 Å². The van der Waals surface area contributed by atoms with Gasteiger partial charge in [0.25, 0.3) is 0 Å². The fraction of sp³-hybridized carbons (Fsp3) is 0.118. The van der Waals surface area contributed by atoms with Gasteiger partial charge in [-0.15, -0.1) is 13.2 Å². The van der Waals surface area contributed by atoms with Crippen LogP contribution in [-0.2, 0) is 6.54 Å². The lowest BCUT2D eigenvalue weighted by Gasteiger charge is -2.09. The number of ether oxygens (including phenoxy) is 1. The number of hydrogen-bond donors (Lipinski definition) is 1. The van der Waals surface area contributed by atoms with Crippen molar-refractivity contribution in [3.8, 4) is 17.0 Å². The third kappa shape index (κ3) is 3.54. The van der Waals surface area contributed by atoms with Crippen molar-refractivity contribution in [1.29, 1.82) is 0 Å². The molecule has 138 valence electrons. The summed E-state index contributed by atoms with van der Waals surface area (Å²) in [5.41, 5.74) is 2.44. The Bertz CT molecular complexity index is 1130. The summed E-state index contributed by atoms with van der Waals surface area (Å²) in [6.45, 7) is 0.219. The molecule has 7 nitrogen and oxygen atoms in total. The minimum Gasteiger partial charge on any atom is -0.406 e. The summed E-state index contributed by atoms with van der Waals surface area (Å²) < 4.78 is 47.2. The van der Waals surface area contributed by atoms with Gasteiger partial charge >= 0.3 is 12.1 Å². The lowest BCUT2D eigenvalue weighted by atomic mass is 10.1. The van der Waals surface area contributed by atoms with Crippen LogP contribution < -0.4 is 10.5 Å². The van der Waals surface area contributed by atoms with E-state index in [1.807, 2.05) is 0 Å². The molecule has 3 heterocycles. The summed E-state index contributed by atoms with van der Waals surface area (Å²) in [6, 6.07) is 8.51. The number of halogens is 3. The van der Waals surface area contributed by atoms with Gasteiger partial charge in [0, 0.05) is 17.3 Å². The number of nitrogens with zero attached hydrogens (tertiary/aromatic N) is 3. The minimum atomic E-state index is -4.75. The monoisotopic (exact) mass is 376 g/mol. The van der Waals surface area contributed by atoms with Gasteiger partial charge in [0.15, 0.2) is 11.2 Å². The normalized spacial score (nSPS) is 11.8. The van der Waals surface area contributed by atoms with Crippen molar-refractivity contribution in [3.05, 3.63) is 64.9 Å². The van der Waals surface area contributed by atoms with Gasteiger partial charge in [0.1, 0.15) is 5.75 Å². The Morgan fingerprint density at radius 1 is 1.15 bits per heavy atom. The molecule has 4 aromatic rings. The maximum Gasteiger partial charge on any atom is 0.573 e. The van der Waals surface area contributed by atoms with Gasteiger partial charge in [0.2, 0.25) is 0 Å². The van der Waals surface area contributed by atoms with Gasteiger partial charge in [-0.2, -0.15) is 5.10 Å². The molecule has 0 saturated carbocycles. The summed E-state index contributed by atoms with van der Waals surface area (Å²) in [5.74, 6) is -0.891. The largest absolute Gasteiger partial charge is 0.573 e. The highest BCUT2D eigenvalue weighted by atomic mass is 19.4. The first-order valence-corrected chi connectivity index (χ1v) is 7.73. The van der Waals surface area contributed by atoms with E-state index >= 15 is 0 Å². The van der Waals surface area contributed by atoms with E-state index < -0.39 is 12.1 Å². The maximum atomic E-state index is 12.3. The molecule has 1 N–H and O–H groups in total. The molecule has 0 fully saturated rings. The Kier molecular flexibility index (Phi) is 3.94. The van der Waals surface area contributed by atoms with Crippen molar-refractivity contribution in [2.75, 3.05) is 0 Å². The molecule has 0 unspecified atom stereocenters. The topological polar surface area (TPSA) is 85.9 Å². The average Bonchev–Trinajstić information content (AvgIpc) is 3.23. The summed E-state index contributed by atoms with van der Waals surface area (Å²) >= 11 is 0. The summed E-state index contributed by atoms with van der Waals surface area (Å²) in [7, 11) is 0. The van der Waals surface area contributed by atoms with Gasteiger partial charge in [-0.25, -0.2) is 9.78 Å². The third-order valence-electron chi connectivity index (χ3n) is 3.79. The van der Waals surface area contributed by atoms with Crippen molar-refractivity contribution < 1.29 is 22.3 Å². The molecule has 10 heteroatoms. The number of rotatable bonds is 4. The van der Waals surface area contributed by atoms with Crippen LogP contribution in [0.1, 0.15) is 5.56 Å². The number of oxazole rings is 1. The SMILES string of the molecule is O=c1oc2ccc(-c3ccc(OC(F)(F)F)cc3)nc2n1Cc1cn[nH]c1. The smallest absolute Gasteiger partial charge is 0.406 e. The number of nitrogens with one attached hydrogen (secondary N) is 1. The van der Waals surface area contributed by atoms with Crippen molar-refractivity contribution >= 4 is 11.2 Å². The second-order valence-electron chi connectivity index (χ2n) is 5.65. The summed E-state index contributed by atoms with van der Waals surface area (Å²) in [5, 5.41) is 6.49. The van der Waals surface area contributed by atoms with Crippen LogP contribution in [0.25, 0.3) is 22.5 Å². The average molecular weight is 376 g/mol. The molecular weight excluding hydrogens is 365 g/mol. The third-order valence-corrected chi connectivity index (χ3v) is 3.79. The fourth-order valence-electron chi connectivity index (χ4n) is 2.62. The number of benzene rings is 1. The van der Waals surface area contributed by atoms with Crippen molar-refractivity contribution in [2.45, 2.75) is 12.9 Å². The van der Waals surface area contributed by atoms with Gasteiger partial charge in [-0.1, -0.05) is 0 Å². The zero-order chi connectivity index (χ0) is 19.0. The number of alkyl halides is 3. The minimum absolute atomic E-state index is 0.219. The van der Waals surface area contributed by atoms with Crippen LogP contribution in [-0.4, -0.2) is 26.1 Å². The number of fused-ring (bicyclic) bond motifs is 1. The first-order valence-electron chi connectivity index (χ1n) is 7.73. The quantitative estimate of drug-likeness (QED) is 0.591. The number of aromatic amines is 1. The highest BCUT2D eigenvalue weighted by Crippen LogP contribution is 2.26. The molecule has 0 aliphatic rings. The lowest BCUT2D eigenvalue weighted by Crippen LogP contribution is -2.16. The van der Waals surface area contributed by atoms with Gasteiger partial charge in [-0.3, -0.25) is 9.67 Å². The van der Waals surface area contributed by atoms with Crippen LogP contribution in [0.15, 0.2) is 58.0 Å². The van der Waals surface area contributed by atoms with Crippen molar-refractivity contribution in [2.24, 2.45) is 0 Å². The fourth-order valence-corrected chi connectivity index (χ4v) is 2.62. The zero-order valence-corrected chi connectivity index (χ0v) is 13.5. The molecule has 0 amide bonds. The van der Waals surface area contributed by atoms with E-state index in [2.05, 4.69) is 19.9 Å². The molecule has 0 spiro atoms. The molecule has 4 rings (SSSR count). The Morgan fingerprint density at radius 3 is 2.59 bits per heavy atom. The molecule has 0 aliphatic carbocycles. The Balaban J connectivity index is 1.69. The predicted octanol–water partition coefficient (Wildman–Crippen LogP) is 3.33. The van der Waals surface area contributed by atoms with E-state index in [0.717, 1.165) is 5.56 Å². The first-order chi connectivity index (χ1) is 12.9. The van der Waals surface area contributed by atoms with Crippen LogP contribution in [0.3, 0.4) is 0 Å². The Morgan fingerprint density at radius 2 is 1.93 bits per heavy atom. The molecular formula is C17H11F3N4O3. The standard InChI is InChI=1S/C17H11F3N4O3/c18-17(19,20)27-12-3-1-11(2-4-12)13-5-6-14-15(23-13)24(16(25)26-14)9-10-7-21-22-8-10/h1-8H,9H2,(H,21,22). The molecule has 0 aliphatic heterocycles. The van der Waals surface area contributed by atoms with E-state index in [-0.39, 0.29) is 12.3 Å². The molecule has 1 aromatic carbocycles. The number of H-pyrrole nitrogens is 1. The van der Waals surface area contributed by atoms with E-state index in [1.165, 1.54) is 28.8 Å². The van der Waals surface area contributed by atoms with Crippen LogP contribution >= 0.6 is 0 Å². The summed E-state index contributed by atoms with van der Waals surface area (Å²) in [6.07, 6.45) is -1.53. The first kappa shape index (κ1) is 16.9. The van der Waals surface area contributed by atoms with Gasteiger partial charge in [-0.05, 0) is 36.4 Å². The molecule has 27 heavy (non-hydrogen) atoms. The molecule has 0 saturated heterocycles. The highest BCUT2D eigenvalue weighted by molar-refractivity contribution is 5.74. The molecule has 0 bridgehead atoms. The highest BCUT2D eigenvalue weighted by Gasteiger charge is 2.31. The van der Waals surface area contributed by atoms with Crippen molar-refractivity contribution in [3.63, 3.8) is 0 Å². The Labute approximate surface area is 149 Å². The maximum absolute atomic E-state index is 12.3. The van der Waals surface area contributed by atoms with Crippen LogP contribution in [0, 0.1) is 0 Å². The van der Waals surface area contributed by atoms with E-state index in [1.54, 1.807) is 24.5 Å². The zero-order valence-electron chi connectivity index (χ0n) is 13.5. The number of pyridine rings is 1. The van der Waals surface area contributed by atoms with E-state index in [9.17, 15) is 18.0 Å². The van der Waals surface area contributed by atoms with E-state index in [4.69, 9.17) is 4.42 Å². The second kappa shape index (κ2) is 6.31. The molecule has 0 atom stereocenters. The second-order valence-corrected chi connectivity index (χ2v) is 5.65. The molecule has 3 aromatic heterocycles. The summed E-state index contributed by atoms with van der Waals surface area (Å²) in [4.78, 5) is 16.5. The van der Waals surface area contributed by atoms with Gasteiger partial charge < -0.3 is 9.15 Å². The van der Waals surface area contributed by atoms with Crippen LogP contribution in [0.4, 0.5) is 13.2 Å². The van der Waals surface area contributed by atoms with E-state index in [0.29, 0.717) is 22.5 Å². The molecule has 0 radical (unpaired) electrons. The van der Waals surface area contributed by atoms with Crippen LogP contribution in [0.2, 0.25) is 0 Å². The number of hydrogen-bond acceptors (Lipinski definition) is 5. The Hall–Kier alpha value is -3.56. The number of aromatic nitrogens is 4. The predicted molar refractivity (Wildman–Crippen MR) is 88.1 cm³/mol. The van der Waals surface area contributed by atoms with Crippen molar-refractivity contribution in [1.82, 2.24) is 19.7 Å². The van der Waals surface area contributed by atoms with Crippen LogP contribution in [0.5, 0.6) is 5.75 Å². The lowest BCUT2D eigenvalue weighted by molar-refractivity contribution is -0.274.